The van der Waals surface area contributed by atoms with Crippen molar-refractivity contribution in [3.8, 4) is 0 Å². The Labute approximate surface area is 126 Å². The highest BCUT2D eigenvalue weighted by molar-refractivity contribution is 4.93. The molecule has 0 aromatic carbocycles. The number of hydrogen-bond acceptors (Lipinski definition) is 2. The zero-order valence-electron chi connectivity index (χ0n) is 13.9. The summed E-state index contributed by atoms with van der Waals surface area (Å²) in [6, 6.07) is 1.77. The largest absolute Gasteiger partial charge is 0.299 e. The van der Waals surface area contributed by atoms with E-state index in [0.29, 0.717) is 0 Å². The zero-order valence-corrected chi connectivity index (χ0v) is 13.9. The Morgan fingerprint density at radius 3 is 1.55 bits per heavy atom. The summed E-state index contributed by atoms with van der Waals surface area (Å²) in [4.78, 5) is 5.69. The average molecular weight is 280 g/mol. The molecule has 0 spiro atoms. The van der Waals surface area contributed by atoms with Gasteiger partial charge in [-0.2, -0.15) is 0 Å². The van der Waals surface area contributed by atoms with Gasteiger partial charge in [0.15, 0.2) is 0 Å². The van der Waals surface area contributed by atoms with E-state index < -0.39 is 0 Å². The Morgan fingerprint density at radius 1 is 0.700 bits per heavy atom. The standard InChI is InChI=1S/C18H36N2/c1-3-5-7-13-19-15-9-12-18-17(19)11-10-16-20(18)14-8-6-4-2/h17-18H,3-16H2,1-2H3. The first-order chi connectivity index (χ1) is 9.86. The third-order valence-electron chi connectivity index (χ3n) is 5.37. The van der Waals surface area contributed by atoms with Crippen molar-refractivity contribution in [2.24, 2.45) is 0 Å². The van der Waals surface area contributed by atoms with Crippen molar-refractivity contribution in [3.05, 3.63) is 0 Å². The summed E-state index contributed by atoms with van der Waals surface area (Å²) in [6.07, 6.45) is 14.1. The van der Waals surface area contributed by atoms with Gasteiger partial charge in [0.25, 0.3) is 0 Å². The van der Waals surface area contributed by atoms with Crippen LogP contribution in [-0.2, 0) is 0 Å². The van der Waals surface area contributed by atoms with Gasteiger partial charge in [-0.05, 0) is 64.7 Å². The van der Waals surface area contributed by atoms with Crippen LogP contribution < -0.4 is 0 Å². The van der Waals surface area contributed by atoms with Gasteiger partial charge < -0.3 is 0 Å². The molecule has 0 N–H and O–H groups in total. The Bertz CT molecular complexity index is 228. The van der Waals surface area contributed by atoms with Gasteiger partial charge in [-0.15, -0.1) is 0 Å². The number of rotatable bonds is 8. The molecule has 0 saturated carbocycles. The van der Waals surface area contributed by atoms with Gasteiger partial charge in [-0.3, -0.25) is 9.80 Å². The normalized spacial score (nSPS) is 28.5. The van der Waals surface area contributed by atoms with Gasteiger partial charge in [-0.1, -0.05) is 39.5 Å². The van der Waals surface area contributed by atoms with Crippen molar-refractivity contribution in [2.75, 3.05) is 26.2 Å². The van der Waals surface area contributed by atoms with E-state index in [1.807, 2.05) is 0 Å². The number of nitrogens with zero attached hydrogens (tertiary/aromatic N) is 2. The number of fused-ring (bicyclic) bond motifs is 1. The van der Waals surface area contributed by atoms with E-state index in [4.69, 9.17) is 0 Å². The lowest BCUT2D eigenvalue weighted by Gasteiger charge is -2.49. The summed E-state index contributed by atoms with van der Waals surface area (Å²) in [5, 5.41) is 0. The van der Waals surface area contributed by atoms with Crippen LogP contribution in [0.25, 0.3) is 0 Å². The van der Waals surface area contributed by atoms with Gasteiger partial charge in [-0.25, -0.2) is 0 Å². The molecule has 0 bridgehead atoms. The summed E-state index contributed by atoms with van der Waals surface area (Å²) in [6.45, 7) is 10.1. The van der Waals surface area contributed by atoms with Crippen LogP contribution in [-0.4, -0.2) is 48.1 Å². The van der Waals surface area contributed by atoms with Gasteiger partial charge in [0.2, 0.25) is 0 Å². The fourth-order valence-corrected chi connectivity index (χ4v) is 4.26. The molecule has 2 nitrogen and oxygen atoms in total. The fraction of sp³-hybridized carbons (Fsp3) is 1.00. The van der Waals surface area contributed by atoms with E-state index in [1.54, 1.807) is 0 Å². The van der Waals surface area contributed by atoms with Gasteiger partial charge >= 0.3 is 0 Å². The van der Waals surface area contributed by atoms with E-state index in [9.17, 15) is 0 Å². The molecule has 2 fully saturated rings. The highest BCUT2D eigenvalue weighted by Crippen LogP contribution is 2.30. The predicted octanol–water partition coefficient (Wildman–Crippen LogP) is 4.30. The Balaban J connectivity index is 1.84. The van der Waals surface area contributed by atoms with Crippen LogP contribution in [0.5, 0.6) is 0 Å². The van der Waals surface area contributed by atoms with Gasteiger partial charge in [0.05, 0.1) is 0 Å². The van der Waals surface area contributed by atoms with Crippen LogP contribution >= 0.6 is 0 Å². The molecule has 2 aliphatic rings. The second-order valence-electron chi connectivity index (χ2n) is 6.91. The number of likely N-dealkylation sites (tertiary alicyclic amines) is 2. The summed E-state index contributed by atoms with van der Waals surface area (Å²) < 4.78 is 0. The lowest BCUT2D eigenvalue weighted by molar-refractivity contribution is 0.00497. The van der Waals surface area contributed by atoms with E-state index in [1.165, 1.54) is 90.4 Å². The molecule has 2 heteroatoms. The SMILES string of the molecule is CCCCCN1CCCC2C1CCCN2CCCCC. The lowest BCUT2D eigenvalue weighted by Crippen LogP contribution is -2.58. The predicted molar refractivity (Wildman–Crippen MR) is 88.2 cm³/mol. The van der Waals surface area contributed by atoms with Crippen molar-refractivity contribution >= 4 is 0 Å². The summed E-state index contributed by atoms with van der Waals surface area (Å²) in [5.74, 6) is 0. The molecule has 0 aromatic heterocycles. The number of hydrogen-bond donors (Lipinski definition) is 0. The monoisotopic (exact) mass is 280 g/mol. The van der Waals surface area contributed by atoms with Crippen LogP contribution in [0.2, 0.25) is 0 Å². The van der Waals surface area contributed by atoms with Gasteiger partial charge in [0.1, 0.15) is 0 Å². The van der Waals surface area contributed by atoms with E-state index in [-0.39, 0.29) is 0 Å². The summed E-state index contributed by atoms with van der Waals surface area (Å²) in [5.41, 5.74) is 0. The van der Waals surface area contributed by atoms with Crippen LogP contribution in [0.15, 0.2) is 0 Å². The third-order valence-corrected chi connectivity index (χ3v) is 5.37. The summed E-state index contributed by atoms with van der Waals surface area (Å²) >= 11 is 0. The maximum Gasteiger partial charge on any atom is 0.0252 e. The molecule has 2 unspecified atom stereocenters. The van der Waals surface area contributed by atoms with Gasteiger partial charge in [0, 0.05) is 12.1 Å². The maximum atomic E-state index is 2.84. The third kappa shape index (κ3) is 4.46. The van der Waals surface area contributed by atoms with Crippen molar-refractivity contribution in [1.82, 2.24) is 9.80 Å². The molecule has 20 heavy (non-hydrogen) atoms. The highest BCUT2D eigenvalue weighted by Gasteiger charge is 2.36. The first-order valence-corrected chi connectivity index (χ1v) is 9.35. The molecule has 2 saturated heterocycles. The average Bonchev–Trinajstić information content (AvgIpc) is 2.48. The van der Waals surface area contributed by atoms with Crippen molar-refractivity contribution in [2.45, 2.75) is 90.1 Å². The number of piperidine rings is 2. The van der Waals surface area contributed by atoms with Crippen LogP contribution in [0.4, 0.5) is 0 Å². The second kappa shape index (κ2) is 9.04. The minimum absolute atomic E-state index is 0.885. The van der Waals surface area contributed by atoms with Crippen molar-refractivity contribution in [1.29, 1.82) is 0 Å². The van der Waals surface area contributed by atoms with Crippen molar-refractivity contribution in [3.63, 3.8) is 0 Å². The lowest BCUT2D eigenvalue weighted by atomic mass is 9.87. The molecular weight excluding hydrogens is 244 g/mol. The summed E-state index contributed by atoms with van der Waals surface area (Å²) in [7, 11) is 0. The van der Waals surface area contributed by atoms with Crippen LogP contribution in [0.1, 0.15) is 78.1 Å². The Hall–Kier alpha value is -0.0800. The Morgan fingerprint density at radius 2 is 1.15 bits per heavy atom. The Kier molecular flexibility index (Phi) is 7.37. The molecule has 0 aliphatic carbocycles. The molecule has 2 atom stereocenters. The first-order valence-electron chi connectivity index (χ1n) is 9.35. The quantitative estimate of drug-likeness (QED) is 0.612. The highest BCUT2D eigenvalue weighted by atomic mass is 15.3. The minimum Gasteiger partial charge on any atom is -0.299 e. The van der Waals surface area contributed by atoms with E-state index in [2.05, 4.69) is 23.6 Å². The molecule has 2 rings (SSSR count). The molecule has 0 radical (unpaired) electrons. The smallest absolute Gasteiger partial charge is 0.0252 e. The van der Waals surface area contributed by atoms with E-state index in [0.717, 1.165) is 12.1 Å². The molecule has 0 aromatic rings. The number of unbranched alkanes of at least 4 members (excludes halogenated alkanes) is 4. The molecule has 2 heterocycles. The van der Waals surface area contributed by atoms with E-state index >= 15 is 0 Å². The first kappa shape index (κ1) is 16.3. The topological polar surface area (TPSA) is 6.48 Å². The van der Waals surface area contributed by atoms with Crippen molar-refractivity contribution < 1.29 is 0 Å². The second-order valence-corrected chi connectivity index (χ2v) is 6.91. The molecule has 0 amide bonds. The zero-order chi connectivity index (χ0) is 14.2. The molecule has 2 aliphatic heterocycles. The molecule has 118 valence electrons. The minimum atomic E-state index is 0.885. The molecular formula is C18H36N2. The van der Waals surface area contributed by atoms with Crippen LogP contribution in [0, 0.1) is 0 Å². The van der Waals surface area contributed by atoms with Crippen LogP contribution in [0.3, 0.4) is 0 Å². The fourth-order valence-electron chi connectivity index (χ4n) is 4.26. The maximum absolute atomic E-state index is 2.84.